The highest BCUT2D eigenvalue weighted by Crippen LogP contribution is 2.35. The first-order valence-corrected chi connectivity index (χ1v) is 11.1. The minimum absolute atomic E-state index is 0.0820. The quantitative estimate of drug-likeness (QED) is 0.406. The summed E-state index contributed by atoms with van der Waals surface area (Å²) in [6.07, 6.45) is -2.98. The van der Waals surface area contributed by atoms with Crippen LogP contribution in [-0.4, -0.2) is 96.5 Å². The first kappa shape index (κ1) is 28.1. The smallest absolute Gasteiger partial charge is 0.438 e. The molecule has 1 heterocycles. The van der Waals surface area contributed by atoms with Crippen molar-refractivity contribution in [3.05, 3.63) is 0 Å². The second-order valence-electron chi connectivity index (χ2n) is 9.36. The highest BCUT2D eigenvalue weighted by atomic mass is 16.8. The normalized spacial score (nSPS) is 30.2. The van der Waals surface area contributed by atoms with Crippen LogP contribution in [0.3, 0.4) is 0 Å². The summed E-state index contributed by atoms with van der Waals surface area (Å²) in [4.78, 5) is 13.9. The lowest BCUT2D eigenvalue weighted by Crippen LogP contribution is -2.59. The van der Waals surface area contributed by atoms with Crippen LogP contribution < -0.4 is 0 Å². The summed E-state index contributed by atoms with van der Waals surface area (Å²) >= 11 is 0. The van der Waals surface area contributed by atoms with Crippen LogP contribution in [0.5, 0.6) is 0 Å². The highest BCUT2D eigenvalue weighted by Gasteiger charge is 2.48. The molecule has 31 heavy (non-hydrogen) atoms. The number of likely N-dealkylation sites (N-methyl/N-ethyl adjacent to an activating group) is 1. The molecule has 1 unspecified atom stereocenters. The number of nitrogens with zero attached hydrogens (tertiary/aromatic N) is 1. The highest BCUT2D eigenvalue weighted by molar-refractivity contribution is 5.60. The molecule has 1 aliphatic rings. The minimum Gasteiger partial charge on any atom is -0.438 e. The minimum atomic E-state index is -1.37. The van der Waals surface area contributed by atoms with Gasteiger partial charge < -0.3 is 39.2 Å². The molecule has 1 saturated heterocycles. The van der Waals surface area contributed by atoms with Gasteiger partial charge in [-0.05, 0) is 53.1 Å². The van der Waals surface area contributed by atoms with Crippen molar-refractivity contribution in [1.29, 1.82) is 0 Å². The van der Waals surface area contributed by atoms with Crippen molar-refractivity contribution in [2.24, 2.45) is 11.8 Å². The lowest BCUT2D eigenvalue weighted by Gasteiger charge is -2.46. The van der Waals surface area contributed by atoms with Gasteiger partial charge in [-0.2, -0.15) is 0 Å². The van der Waals surface area contributed by atoms with E-state index in [1.165, 1.54) is 7.11 Å². The average Bonchev–Trinajstić information content (AvgIpc) is 2.71. The maximum Gasteiger partial charge on any atom is 0.508 e. The number of aliphatic hydroxyl groups is 3. The van der Waals surface area contributed by atoms with Gasteiger partial charge in [-0.15, -0.1) is 0 Å². The lowest BCUT2D eigenvalue weighted by molar-refractivity contribution is -0.299. The first-order chi connectivity index (χ1) is 14.4. The summed E-state index contributed by atoms with van der Waals surface area (Å²) in [6, 6.07) is -0.193. The van der Waals surface area contributed by atoms with Crippen LogP contribution in [0.15, 0.2) is 0 Å². The number of carbonyl (C=O) groups excluding carboxylic acids is 1. The predicted octanol–water partition coefficient (Wildman–Crippen LogP) is 1.76. The SMILES string of the molecule is CC[C@@H](O)[C@H](C)[C@@H](OC1O[C@H](C)C[C@H](N(C)C)[C@H]1OC(=O)OC)[C@](C)(O)C[C@@H](C)CO. The van der Waals surface area contributed by atoms with E-state index in [0.717, 1.165) is 0 Å². The van der Waals surface area contributed by atoms with Gasteiger partial charge in [0.25, 0.3) is 0 Å². The van der Waals surface area contributed by atoms with Crippen molar-refractivity contribution in [3.8, 4) is 0 Å². The van der Waals surface area contributed by atoms with Gasteiger partial charge in [-0.1, -0.05) is 20.8 Å². The van der Waals surface area contributed by atoms with Crippen molar-refractivity contribution in [2.75, 3.05) is 27.8 Å². The van der Waals surface area contributed by atoms with E-state index in [0.29, 0.717) is 12.8 Å². The Kier molecular flexibility index (Phi) is 11.2. The zero-order chi connectivity index (χ0) is 23.9. The molecule has 0 bridgehead atoms. The van der Waals surface area contributed by atoms with Crippen molar-refractivity contribution >= 4 is 6.16 Å². The molecule has 0 radical (unpaired) electrons. The second kappa shape index (κ2) is 12.3. The third kappa shape index (κ3) is 7.83. The van der Waals surface area contributed by atoms with Gasteiger partial charge in [0.1, 0.15) is 0 Å². The monoisotopic (exact) mass is 449 g/mol. The predicted molar refractivity (Wildman–Crippen MR) is 116 cm³/mol. The molecule has 0 aromatic heterocycles. The molecule has 0 aromatic carbocycles. The number of ether oxygens (including phenoxy) is 4. The molecule has 0 saturated carbocycles. The largest absolute Gasteiger partial charge is 0.508 e. The lowest BCUT2D eigenvalue weighted by atomic mass is 9.80. The van der Waals surface area contributed by atoms with E-state index in [-0.39, 0.29) is 31.1 Å². The number of methoxy groups -OCH3 is 1. The Hall–Kier alpha value is -0.970. The molecular formula is C22H43NO8. The fourth-order valence-corrected chi connectivity index (χ4v) is 4.37. The Labute approximate surface area is 186 Å². The van der Waals surface area contributed by atoms with Gasteiger partial charge in [0.15, 0.2) is 12.4 Å². The Morgan fingerprint density at radius 1 is 1.32 bits per heavy atom. The zero-order valence-electron chi connectivity index (χ0n) is 20.3. The fourth-order valence-electron chi connectivity index (χ4n) is 4.37. The summed E-state index contributed by atoms with van der Waals surface area (Å²) in [5.74, 6) is -0.613. The molecule has 9 atom stereocenters. The summed E-state index contributed by atoms with van der Waals surface area (Å²) in [6.45, 7) is 8.95. The topological polar surface area (TPSA) is 118 Å². The molecule has 9 heteroatoms. The summed E-state index contributed by atoms with van der Waals surface area (Å²) in [5, 5.41) is 31.3. The van der Waals surface area contributed by atoms with Gasteiger partial charge in [-0.25, -0.2) is 4.79 Å². The molecule has 1 rings (SSSR count). The van der Waals surface area contributed by atoms with E-state index in [9.17, 15) is 20.1 Å². The molecule has 1 fully saturated rings. The number of hydrogen-bond acceptors (Lipinski definition) is 9. The number of rotatable bonds is 11. The average molecular weight is 450 g/mol. The molecule has 0 aromatic rings. The summed E-state index contributed by atoms with van der Waals surface area (Å²) in [5.41, 5.74) is -1.37. The van der Waals surface area contributed by atoms with E-state index in [1.807, 2.05) is 46.7 Å². The van der Waals surface area contributed by atoms with Crippen molar-refractivity contribution in [3.63, 3.8) is 0 Å². The van der Waals surface area contributed by atoms with Crippen LogP contribution >= 0.6 is 0 Å². The molecule has 9 nitrogen and oxygen atoms in total. The Morgan fingerprint density at radius 3 is 2.42 bits per heavy atom. The van der Waals surface area contributed by atoms with Gasteiger partial charge in [0.05, 0.1) is 37.1 Å². The van der Waals surface area contributed by atoms with Crippen molar-refractivity contribution < 1.29 is 39.1 Å². The molecular weight excluding hydrogens is 406 g/mol. The van der Waals surface area contributed by atoms with E-state index in [2.05, 4.69) is 0 Å². The number of carbonyl (C=O) groups is 1. The van der Waals surface area contributed by atoms with Gasteiger partial charge in [0.2, 0.25) is 0 Å². The van der Waals surface area contributed by atoms with E-state index < -0.39 is 42.3 Å². The zero-order valence-corrected chi connectivity index (χ0v) is 20.3. The number of aliphatic hydroxyl groups excluding tert-OH is 2. The molecule has 184 valence electrons. The summed E-state index contributed by atoms with van der Waals surface area (Å²) in [7, 11) is 5.00. The standard InChI is InChI=1S/C22H43NO8/c1-9-17(25)15(4)19(22(5,27)11-13(2)12-24)31-20-18(30-21(26)28-8)16(23(6)7)10-14(3)29-20/h13-20,24-25,27H,9-12H2,1-8H3/t13-,14-,15+,16+,17-,18-,19-,20?,22-/m1/s1. The van der Waals surface area contributed by atoms with Crippen LogP contribution in [0.4, 0.5) is 4.79 Å². The van der Waals surface area contributed by atoms with Gasteiger partial charge in [-0.3, -0.25) is 0 Å². The van der Waals surface area contributed by atoms with Crippen molar-refractivity contribution in [1.82, 2.24) is 4.90 Å². The van der Waals surface area contributed by atoms with Crippen molar-refractivity contribution in [2.45, 2.75) is 96.2 Å². The molecule has 3 N–H and O–H groups in total. The van der Waals surface area contributed by atoms with E-state index >= 15 is 0 Å². The van der Waals surface area contributed by atoms with E-state index in [4.69, 9.17) is 18.9 Å². The van der Waals surface area contributed by atoms with Gasteiger partial charge >= 0.3 is 6.16 Å². The maximum absolute atomic E-state index is 11.9. The van der Waals surface area contributed by atoms with Crippen LogP contribution in [0.25, 0.3) is 0 Å². The van der Waals surface area contributed by atoms with Crippen LogP contribution in [0.2, 0.25) is 0 Å². The second-order valence-corrected chi connectivity index (χ2v) is 9.36. The van der Waals surface area contributed by atoms with Gasteiger partial charge in [0, 0.05) is 12.5 Å². The third-order valence-corrected chi connectivity index (χ3v) is 6.12. The maximum atomic E-state index is 11.9. The third-order valence-electron chi connectivity index (χ3n) is 6.12. The molecule has 1 aliphatic heterocycles. The summed E-state index contributed by atoms with van der Waals surface area (Å²) < 4.78 is 22.6. The fraction of sp³-hybridized carbons (Fsp3) is 0.955. The molecule has 0 aliphatic carbocycles. The Morgan fingerprint density at radius 2 is 1.94 bits per heavy atom. The van der Waals surface area contributed by atoms with E-state index in [1.54, 1.807) is 6.92 Å². The van der Waals surface area contributed by atoms with Crippen LogP contribution in [-0.2, 0) is 18.9 Å². The molecule has 0 spiro atoms. The number of hydrogen-bond donors (Lipinski definition) is 3. The Balaban J connectivity index is 3.28. The van der Waals surface area contributed by atoms with Crippen LogP contribution in [0, 0.1) is 11.8 Å². The Bertz CT molecular complexity index is 544. The van der Waals surface area contributed by atoms with Crippen LogP contribution in [0.1, 0.15) is 53.9 Å². The molecule has 0 amide bonds. The first-order valence-electron chi connectivity index (χ1n) is 11.1.